The summed E-state index contributed by atoms with van der Waals surface area (Å²) in [5.41, 5.74) is 8.80. The van der Waals surface area contributed by atoms with E-state index in [9.17, 15) is 19.5 Å². The maximum absolute atomic E-state index is 13.5. The number of nitrogens with two attached hydrogens (primary N) is 2. The third kappa shape index (κ3) is 6.03. The Labute approximate surface area is 201 Å². The lowest BCUT2D eigenvalue weighted by Gasteiger charge is -2.46. The van der Waals surface area contributed by atoms with Crippen molar-refractivity contribution in [3.8, 4) is 0 Å². The predicted molar refractivity (Wildman–Crippen MR) is 126 cm³/mol. The van der Waals surface area contributed by atoms with E-state index in [0.29, 0.717) is 18.5 Å². The molecular formula is C24H40N4O6. The molecular weight excluding hydrogens is 440 g/mol. The van der Waals surface area contributed by atoms with Gasteiger partial charge in [-0.25, -0.2) is 14.6 Å². The molecule has 0 saturated heterocycles. The van der Waals surface area contributed by atoms with Gasteiger partial charge >= 0.3 is 11.9 Å². The number of aliphatic hydroxyl groups is 1. The Hall–Kier alpha value is -2.30. The van der Waals surface area contributed by atoms with Crippen LogP contribution in [-0.2, 0) is 25.5 Å². The van der Waals surface area contributed by atoms with Gasteiger partial charge in [0.1, 0.15) is 5.54 Å². The lowest BCUT2D eigenvalue weighted by Crippen LogP contribution is -2.73. The fraction of sp³-hybridized carbons (Fsp3) is 0.750. The number of rotatable bonds is 12. The van der Waals surface area contributed by atoms with Crippen LogP contribution in [0.2, 0.25) is 0 Å². The number of nitrogens with zero attached hydrogens (tertiary/aromatic N) is 1. The minimum absolute atomic E-state index is 0.0415. The number of aromatic nitrogens is 2. The van der Waals surface area contributed by atoms with E-state index < -0.39 is 46.9 Å². The number of H-pyrrole nitrogens is 1. The molecule has 1 unspecified atom stereocenters. The second-order valence-corrected chi connectivity index (χ2v) is 9.65. The second-order valence-electron chi connectivity index (χ2n) is 9.65. The summed E-state index contributed by atoms with van der Waals surface area (Å²) in [5, 5.41) is 11.7. The Balaban J connectivity index is 2.26. The molecule has 1 aromatic rings. The van der Waals surface area contributed by atoms with Gasteiger partial charge in [-0.05, 0) is 40.0 Å². The summed E-state index contributed by atoms with van der Waals surface area (Å²) in [6.45, 7) is 6.91. The zero-order valence-electron chi connectivity index (χ0n) is 20.8. The van der Waals surface area contributed by atoms with Crippen LogP contribution in [0, 0.1) is 5.92 Å². The molecule has 6 N–H and O–H groups in total. The zero-order valence-corrected chi connectivity index (χ0v) is 20.8. The van der Waals surface area contributed by atoms with Crippen molar-refractivity contribution in [3.63, 3.8) is 0 Å². The van der Waals surface area contributed by atoms with Crippen LogP contribution in [0.15, 0.2) is 6.33 Å². The molecule has 0 aromatic carbocycles. The number of esters is 2. The molecule has 0 spiro atoms. The number of nitrogens with one attached hydrogen (secondary N) is 1. The van der Waals surface area contributed by atoms with Gasteiger partial charge in [-0.1, -0.05) is 32.6 Å². The number of aromatic amines is 1. The molecule has 0 radical (unpaired) electrons. The van der Waals surface area contributed by atoms with Gasteiger partial charge in [0.2, 0.25) is 0 Å². The summed E-state index contributed by atoms with van der Waals surface area (Å²) in [6.07, 6.45) is 6.05. The number of ketones is 1. The van der Waals surface area contributed by atoms with E-state index in [2.05, 4.69) is 9.97 Å². The van der Waals surface area contributed by atoms with Crippen LogP contribution in [-0.4, -0.2) is 62.7 Å². The lowest BCUT2D eigenvalue weighted by molar-refractivity contribution is -0.190. The molecule has 0 bridgehead atoms. The summed E-state index contributed by atoms with van der Waals surface area (Å²) >= 11 is 0. The van der Waals surface area contributed by atoms with E-state index in [-0.39, 0.29) is 18.7 Å². The highest BCUT2D eigenvalue weighted by Gasteiger charge is 2.61. The molecule has 1 aliphatic carbocycles. The van der Waals surface area contributed by atoms with Crippen LogP contribution in [0.3, 0.4) is 0 Å². The highest BCUT2D eigenvalue weighted by molar-refractivity contribution is 6.00. The van der Waals surface area contributed by atoms with E-state index in [0.717, 1.165) is 32.1 Å². The molecule has 1 fully saturated rings. The first kappa shape index (κ1) is 27.9. The monoisotopic (exact) mass is 480 g/mol. The average Bonchev–Trinajstić information content (AvgIpc) is 3.26. The first-order valence-corrected chi connectivity index (χ1v) is 12.2. The Morgan fingerprint density at radius 1 is 1.26 bits per heavy atom. The molecule has 10 nitrogen and oxygen atoms in total. The summed E-state index contributed by atoms with van der Waals surface area (Å²) in [5.74, 6) is -2.77. The number of hydrogen-bond acceptors (Lipinski definition) is 9. The van der Waals surface area contributed by atoms with Crippen molar-refractivity contribution < 1.29 is 29.0 Å². The average molecular weight is 481 g/mol. The van der Waals surface area contributed by atoms with Crippen molar-refractivity contribution in [3.05, 3.63) is 17.7 Å². The van der Waals surface area contributed by atoms with Crippen molar-refractivity contribution in [2.45, 2.75) is 102 Å². The van der Waals surface area contributed by atoms with E-state index in [1.807, 2.05) is 6.92 Å². The molecule has 1 aliphatic rings. The fourth-order valence-electron chi connectivity index (χ4n) is 4.54. The van der Waals surface area contributed by atoms with Crippen LogP contribution in [0.25, 0.3) is 0 Å². The highest BCUT2D eigenvalue weighted by atomic mass is 16.6. The zero-order chi connectivity index (χ0) is 25.5. The molecule has 34 heavy (non-hydrogen) atoms. The van der Waals surface area contributed by atoms with E-state index in [1.165, 1.54) is 13.3 Å². The topological polar surface area (TPSA) is 171 Å². The predicted octanol–water partition coefficient (Wildman–Crippen LogP) is 1.79. The van der Waals surface area contributed by atoms with E-state index in [1.54, 1.807) is 13.8 Å². The third-order valence-electron chi connectivity index (χ3n) is 6.56. The van der Waals surface area contributed by atoms with Gasteiger partial charge in [0.25, 0.3) is 0 Å². The van der Waals surface area contributed by atoms with Gasteiger partial charge < -0.3 is 31.0 Å². The Morgan fingerprint density at radius 3 is 2.50 bits per heavy atom. The van der Waals surface area contributed by atoms with Crippen LogP contribution in [0.1, 0.15) is 88.8 Å². The minimum Gasteiger partial charge on any atom is -0.461 e. The van der Waals surface area contributed by atoms with Gasteiger partial charge in [0.15, 0.2) is 17.1 Å². The number of imidazole rings is 1. The maximum Gasteiger partial charge on any atom is 0.358 e. The fourth-order valence-corrected chi connectivity index (χ4v) is 4.54. The van der Waals surface area contributed by atoms with Crippen molar-refractivity contribution in [1.29, 1.82) is 0 Å². The smallest absolute Gasteiger partial charge is 0.358 e. The number of carbonyl (C=O) groups is 3. The molecule has 0 amide bonds. The van der Waals surface area contributed by atoms with Crippen LogP contribution in [0.4, 0.5) is 0 Å². The van der Waals surface area contributed by atoms with Gasteiger partial charge in [0.05, 0.1) is 30.8 Å². The summed E-state index contributed by atoms with van der Waals surface area (Å²) in [4.78, 5) is 45.8. The van der Waals surface area contributed by atoms with Gasteiger partial charge in [-0.3, -0.25) is 4.79 Å². The molecule has 1 aromatic heterocycles. The van der Waals surface area contributed by atoms with Crippen molar-refractivity contribution in [1.82, 2.24) is 9.97 Å². The Kier molecular flexibility index (Phi) is 9.78. The molecule has 3 atom stereocenters. The molecule has 2 rings (SSSR count). The normalized spacial score (nSPS) is 19.2. The molecule has 0 aliphatic heterocycles. The number of hydrogen-bond donors (Lipinski definition) is 4. The van der Waals surface area contributed by atoms with Gasteiger partial charge in [0, 0.05) is 12.3 Å². The largest absolute Gasteiger partial charge is 0.461 e. The first-order chi connectivity index (χ1) is 16.0. The summed E-state index contributed by atoms with van der Waals surface area (Å²) < 4.78 is 10.6. The second kappa shape index (κ2) is 11.9. The van der Waals surface area contributed by atoms with Crippen LogP contribution < -0.4 is 11.5 Å². The Bertz CT molecular complexity index is 846. The molecule has 1 saturated carbocycles. The van der Waals surface area contributed by atoms with E-state index >= 15 is 0 Å². The SMILES string of the molecule is CCCCOC(=O)c1nc[nH]c1C[C@H](N)C(=O)[C@@](C)(N)C(O)(C(=O)OC(C)C)C1CCCCC1. The van der Waals surface area contributed by atoms with Gasteiger partial charge in [-0.15, -0.1) is 0 Å². The summed E-state index contributed by atoms with van der Waals surface area (Å²) in [7, 11) is 0. The van der Waals surface area contributed by atoms with Crippen LogP contribution >= 0.6 is 0 Å². The van der Waals surface area contributed by atoms with Gasteiger partial charge in [-0.2, -0.15) is 0 Å². The third-order valence-corrected chi connectivity index (χ3v) is 6.56. The Morgan fingerprint density at radius 2 is 1.91 bits per heavy atom. The van der Waals surface area contributed by atoms with Crippen molar-refractivity contribution in [2.24, 2.45) is 17.4 Å². The first-order valence-electron chi connectivity index (χ1n) is 12.2. The highest BCUT2D eigenvalue weighted by Crippen LogP contribution is 2.40. The maximum atomic E-state index is 13.5. The van der Waals surface area contributed by atoms with E-state index in [4.69, 9.17) is 20.9 Å². The standard InChI is InChI=1S/C24H40N4O6/c1-5-6-12-33-21(30)19-18(27-14-28-19)13-17(25)20(29)23(4,26)24(32,22(31)34-15(2)3)16-10-8-7-9-11-16/h14-17,32H,5-13,25-26H2,1-4H3,(H,27,28)/t17-,23+,24?/m0/s1. The van der Waals surface area contributed by atoms with Crippen molar-refractivity contribution >= 4 is 17.7 Å². The van der Waals surface area contributed by atoms with Crippen molar-refractivity contribution in [2.75, 3.05) is 6.61 Å². The lowest BCUT2D eigenvalue weighted by atomic mass is 9.65. The quantitative estimate of drug-likeness (QED) is 0.257. The number of carbonyl (C=O) groups excluding carboxylic acids is 3. The molecule has 1 heterocycles. The van der Waals surface area contributed by atoms with Crippen LogP contribution in [0.5, 0.6) is 0 Å². The molecule has 192 valence electrons. The number of Topliss-reactive ketones (excluding diaryl/α,β-unsaturated/α-hetero) is 1. The summed E-state index contributed by atoms with van der Waals surface area (Å²) in [6, 6.07) is -1.21. The number of ether oxygens (including phenoxy) is 2. The minimum atomic E-state index is -2.23. The molecule has 10 heteroatoms. The number of unbranched alkanes of at least 4 members (excludes halogenated alkanes) is 1.